The Balaban J connectivity index is 1.39. The molecule has 0 radical (unpaired) electrons. The normalized spacial score (nSPS) is 38.9. The molecule has 0 saturated heterocycles. The zero-order valence-electron chi connectivity index (χ0n) is 13.8. The first-order valence-corrected chi connectivity index (χ1v) is 9.04. The van der Waals surface area contributed by atoms with Gasteiger partial charge in [-0.05, 0) is 68.6 Å². The second-order valence-electron chi connectivity index (χ2n) is 8.42. The maximum Gasteiger partial charge on any atom is 0.251 e. The summed E-state index contributed by atoms with van der Waals surface area (Å²) in [5.41, 5.74) is 7.09. The molecule has 24 heavy (non-hydrogen) atoms. The summed E-state index contributed by atoms with van der Waals surface area (Å²) >= 11 is 0. The maximum atomic E-state index is 12.9. The number of carbonyl (C=O) groups is 1. The van der Waals surface area contributed by atoms with E-state index in [1.54, 1.807) is 6.07 Å². The number of amides is 1. The molecule has 4 saturated carbocycles. The standard InChI is InChI=1S/C19H24N2O3/c20-18-7-12-5-13(8-18)10-19(9-12,11-18)21-17(22)14-1-2-15-16(6-14)24-4-3-23-15/h1-2,6,12-13H,3-5,7-11,20H2,(H,21,22). The van der Waals surface area contributed by atoms with Gasteiger partial charge in [-0.1, -0.05) is 0 Å². The van der Waals surface area contributed by atoms with Crippen molar-refractivity contribution >= 4 is 5.91 Å². The molecule has 1 amide bonds. The van der Waals surface area contributed by atoms with Gasteiger partial charge in [0.05, 0.1) is 0 Å². The van der Waals surface area contributed by atoms with E-state index in [4.69, 9.17) is 15.2 Å². The van der Waals surface area contributed by atoms with Crippen molar-refractivity contribution in [2.75, 3.05) is 13.2 Å². The molecule has 4 fully saturated rings. The van der Waals surface area contributed by atoms with Gasteiger partial charge in [0, 0.05) is 16.6 Å². The van der Waals surface area contributed by atoms with E-state index in [9.17, 15) is 4.79 Å². The van der Waals surface area contributed by atoms with Crippen LogP contribution in [0.5, 0.6) is 11.5 Å². The molecule has 3 N–H and O–H groups in total. The number of fused-ring (bicyclic) bond motifs is 1. The highest BCUT2D eigenvalue weighted by Crippen LogP contribution is 2.56. The van der Waals surface area contributed by atoms with Crippen LogP contribution in [0.3, 0.4) is 0 Å². The summed E-state index contributed by atoms with van der Waals surface area (Å²) in [6.07, 6.45) is 6.64. The lowest BCUT2D eigenvalue weighted by molar-refractivity contribution is -0.0321. The summed E-state index contributed by atoms with van der Waals surface area (Å²) in [5.74, 6) is 2.72. The minimum Gasteiger partial charge on any atom is -0.486 e. The van der Waals surface area contributed by atoms with Crippen molar-refractivity contribution < 1.29 is 14.3 Å². The molecular weight excluding hydrogens is 304 g/mol. The van der Waals surface area contributed by atoms with E-state index in [2.05, 4.69) is 5.32 Å². The summed E-state index contributed by atoms with van der Waals surface area (Å²) in [5, 5.41) is 3.36. The van der Waals surface area contributed by atoms with E-state index in [-0.39, 0.29) is 17.0 Å². The summed E-state index contributed by atoms with van der Waals surface area (Å²) in [6.45, 7) is 1.09. The Hall–Kier alpha value is -1.75. The zero-order valence-corrected chi connectivity index (χ0v) is 13.8. The van der Waals surface area contributed by atoms with Gasteiger partial charge in [0.2, 0.25) is 0 Å². The van der Waals surface area contributed by atoms with Crippen molar-refractivity contribution in [1.82, 2.24) is 5.32 Å². The minimum absolute atomic E-state index is 0.0162. The van der Waals surface area contributed by atoms with Gasteiger partial charge >= 0.3 is 0 Å². The van der Waals surface area contributed by atoms with Crippen molar-refractivity contribution in [2.45, 2.75) is 49.6 Å². The first-order chi connectivity index (χ1) is 11.5. The average molecular weight is 328 g/mol. The molecule has 6 rings (SSSR count). The SMILES string of the molecule is NC12CC3CC(C1)CC(NC(=O)c1ccc4c(c1)OCCO4)(C3)C2. The Morgan fingerprint density at radius 3 is 2.50 bits per heavy atom. The summed E-state index contributed by atoms with van der Waals surface area (Å²) in [7, 11) is 0. The molecule has 1 heterocycles. The molecule has 4 aliphatic carbocycles. The van der Waals surface area contributed by atoms with Gasteiger partial charge in [0.1, 0.15) is 13.2 Å². The Kier molecular flexibility index (Phi) is 2.97. The highest BCUT2D eigenvalue weighted by molar-refractivity contribution is 5.95. The Labute approximate surface area is 141 Å². The predicted molar refractivity (Wildman–Crippen MR) is 89.2 cm³/mol. The second-order valence-corrected chi connectivity index (χ2v) is 8.42. The Morgan fingerprint density at radius 2 is 1.79 bits per heavy atom. The van der Waals surface area contributed by atoms with Crippen LogP contribution in [0.4, 0.5) is 0 Å². The maximum absolute atomic E-state index is 12.9. The van der Waals surface area contributed by atoms with Crippen LogP contribution in [0.2, 0.25) is 0 Å². The summed E-state index contributed by atoms with van der Waals surface area (Å²) in [4.78, 5) is 12.9. The number of benzene rings is 1. The van der Waals surface area contributed by atoms with Crippen LogP contribution in [0, 0.1) is 11.8 Å². The Morgan fingerprint density at radius 1 is 1.08 bits per heavy atom. The van der Waals surface area contributed by atoms with Crippen LogP contribution in [-0.4, -0.2) is 30.2 Å². The van der Waals surface area contributed by atoms with Crippen LogP contribution in [0.25, 0.3) is 0 Å². The fourth-order valence-electron chi connectivity index (χ4n) is 5.98. The van der Waals surface area contributed by atoms with E-state index in [0.29, 0.717) is 42.1 Å². The molecule has 1 aliphatic heterocycles. The van der Waals surface area contributed by atoms with Crippen molar-refractivity contribution in [1.29, 1.82) is 0 Å². The van der Waals surface area contributed by atoms with Gasteiger partial charge < -0.3 is 20.5 Å². The van der Waals surface area contributed by atoms with Crippen LogP contribution in [0.1, 0.15) is 48.9 Å². The van der Waals surface area contributed by atoms with Crippen LogP contribution in [0.15, 0.2) is 18.2 Å². The van der Waals surface area contributed by atoms with Crippen molar-refractivity contribution in [3.8, 4) is 11.5 Å². The lowest BCUT2D eigenvalue weighted by Crippen LogP contribution is -2.68. The lowest BCUT2D eigenvalue weighted by atomic mass is 9.50. The van der Waals surface area contributed by atoms with E-state index >= 15 is 0 Å². The molecule has 128 valence electrons. The molecular formula is C19H24N2O3. The second kappa shape index (κ2) is 4.88. The largest absolute Gasteiger partial charge is 0.486 e. The average Bonchev–Trinajstić information content (AvgIpc) is 2.51. The molecule has 0 spiro atoms. The monoisotopic (exact) mass is 328 g/mol. The molecule has 2 unspecified atom stereocenters. The molecule has 4 bridgehead atoms. The number of nitrogens with two attached hydrogens (primary N) is 1. The van der Waals surface area contributed by atoms with E-state index in [0.717, 1.165) is 32.1 Å². The van der Waals surface area contributed by atoms with Crippen LogP contribution >= 0.6 is 0 Å². The van der Waals surface area contributed by atoms with Crippen molar-refractivity contribution in [2.24, 2.45) is 17.6 Å². The highest BCUT2D eigenvalue weighted by Gasteiger charge is 2.56. The Bertz CT molecular complexity index is 688. The van der Waals surface area contributed by atoms with Gasteiger partial charge in [0.25, 0.3) is 5.91 Å². The number of nitrogens with one attached hydrogen (secondary N) is 1. The van der Waals surface area contributed by atoms with E-state index in [1.807, 2.05) is 12.1 Å². The highest BCUT2D eigenvalue weighted by atomic mass is 16.6. The molecule has 5 nitrogen and oxygen atoms in total. The number of carbonyl (C=O) groups excluding carboxylic acids is 1. The van der Waals surface area contributed by atoms with Gasteiger partial charge in [0.15, 0.2) is 11.5 Å². The predicted octanol–water partition coefficient (Wildman–Crippen LogP) is 2.24. The quantitative estimate of drug-likeness (QED) is 0.873. The minimum atomic E-state index is -0.108. The van der Waals surface area contributed by atoms with E-state index in [1.165, 1.54) is 6.42 Å². The first-order valence-electron chi connectivity index (χ1n) is 9.04. The van der Waals surface area contributed by atoms with E-state index < -0.39 is 0 Å². The van der Waals surface area contributed by atoms with Crippen molar-refractivity contribution in [3.63, 3.8) is 0 Å². The zero-order chi connectivity index (χ0) is 16.4. The lowest BCUT2D eigenvalue weighted by Gasteiger charge is -2.61. The molecule has 1 aromatic rings. The smallest absolute Gasteiger partial charge is 0.251 e. The third-order valence-corrected chi connectivity index (χ3v) is 6.29. The van der Waals surface area contributed by atoms with Crippen LogP contribution < -0.4 is 20.5 Å². The molecule has 2 atom stereocenters. The third-order valence-electron chi connectivity index (χ3n) is 6.29. The van der Waals surface area contributed by atoms with Gasteiger partial charge in [-0.3, -0.25) is 4.79 Å². The molecule has 5 aliphatic rings. The fourth-order valence-corrected chi connectivity index (χ4v) is 5.98. The summed E-state index contributed by atoms with van der Waals surface area (Å²) in [6, 6.07) is 5.44. The summed E-state index contributed by atoms with van der Waals surface area (Å²) < 4.78 is 11.1. The third kappa shape index (κ3) is 2.29. The molecule has 1 aromatic carbocycles. The van der Waals surface area contributed by atoms with Gasteiger partial charge in [-0.15, -0.1) is 0 Å². The molecule has 5 heteroatoms. The van der Waals surface area contributed by atoms with Crippen molar-refractivity contribution in [3.05, 3.63) is 23.8 Å². The molecule has 0 aromatic heterocycles. The topological polar surface area (TPSA) is 73.6 Å². The first kappa shape index (κ1) is 14.6. The van der Waals surface area contributed by atoms with Gasteiger partial charge in [-0.2, -0.15) is 0 Å². The number of ether oxygens (including phenoxy) is 2. The number of rotatable bonds is 2. The number of hydrogen-bond donors (Lipinski definition) is 2. The number of hydrogen-bond acceptors (Lipinski definition) is 4. The van der Waals surface area contributed by atoms with Crippen LogP contribution in [-0.2, 0) is 0 Å². The van der Waals surface area contributed by atoms with Gasteiger partial charge in [-0.25, -0.2) is 0 Å². The fraction of sp³-hybridized carbons (Fsp3) is 0.632.